The standard InChI is InChI=1S/C19H20N2O4S/c1-12-3-8-17-19(20-12)16(13(2)21(17)10-18(22)23)9-14-4-6-15(7-5-14)11-26(24)25/h3-8,26H,9-11H2,1-2H3,(H,22,23). The summed E-state index contributed by atoms with van der Waals surface area (Å²) in [4.78, 5) is 15.9. The number of pyridine rings is 1. The molecule has 0 aliphatic heterocycles. The fourth-order valence-electron chi connectivity index (χ4n) is 3.17. The Bertz CT molecular complexity index is 1040. The molecule has 0 fully saturated rings. The second-order valence-electron chi connectivity index (χ2n) is 6.35. The average Bonchev–Trinajstić information content (AvgIpc) is 2.81. The molecule has 0 atom stereocenters. The molecule has 3 rings (SSSR count). The molecule has 0 radical (unpaired) electrons. The minimum atomic E-state index is -2.44. The summed E-state index contributed by atoms with van der Waals surface area (Å²) < 4.78 is 23.4. The number of carbonyl (C=O) groups is 1. The lowest BCUT2D eigenvalue weighted by Gasteiger charge is -2.06. The SMILES string of the molecule is Cc1ccc2c(n1)c(Cc1ccc(C[SH](=O)=O)cc1)c(C)n2CC(=O)O. The van der Waals surface area contributed by atoms with Crippen molar-refractivity contribution in [3.05, 3.63) is 64.5 Å². The van der Waals surface area contributed by atoms with Crippen molar-refractivity contribution >= 4 is 27.7 Å². The molecule has 0 saturated heterocycles. The number of nitrogens with zero attached hydrogens (tertiary/aromatic N) is 2. The van der Waals surface area contributed by atoms with E-state index in [1.54, 1.807) is 4.57 Å². The van der Waals surface area contributed by atoms with E-state index >= 15 is 0 Å². The molecule has 0 bridgehead atoms. The molecule has 26 heavy (non-hydrogen) atoms. The van der Waals surface area contributed by atoms with Gasteiger partial charge < -0.3 is 9.67 Å². The van der Waals surface area contributed by atoms with Crippen LogP contribution in [0.25, 0.3) is 11.0 Å². The Morgan fingerprint density at radius 3 is 2.35 bits per heavy atom. The molecule has 6 nitrogen and oxygen atoms in total. The Labute approximate surface area is 153 Å². The normalized spacial score (nSPS) is 11.3. The summed E-state index contributed by atoms with van der Waals surface area (Å²) in [5, 5.41) is 9.22. The molecule has 0 saturated carbocycles. The molecular formula is C19H20N2O4S. The molecule has 2 aromatic heterocycles. The molecule has 0 unspecified atom stereocenters. The van der Waals surface area contributed by atoms with Crippen LogP contribution in [0.5, 0.6) is 0 Å². The van der Waals surface area contributed by atoms with E-state index in [1.807, 2.05) is 50.2 Å². The van der Waals surface area contributed by atoms with Crippen LogP contribution in [0.4, 0.5) is 0 Å². The van der Waals surface area contributed by atoms with Gasteiger partial charge in [-0.15, -0.1) is 0 Å². The summed E-state index contributed by atoms with van der Waals surface area (Å²) in [5.41, 5.74) is 6.15. The molecule has 0 aliphatic carbocycles. The molecule has 1 aromatic carbocycles. The Morgan fingerprint density at radius 2 is 1.73 bits per heavy atom. The van der Waals surface area contributed by atoms with Gasteiger partial charge in [0.05, 0.1) is 16.8 Å². The first-order valence-electron chi connectivity index (χ1n) is 8.22. The van der Waals surface area contributed by atoms with E-state index in [0.717, 1.165) is 39.1 Å². The smallest absolute Gasteiger partial charge is 0.323 e. The van der Waals surface area contributed by atoms with Gasteiger partial charge in [0.15, 0.2) is 0 Å². The summed E-state index contributed by atoms with van der Waals surface area (Å²) in [6.07, 6.45) is 0.606. The first-order chi connectivity index (χ1) is 12.3. The Balaban J connectivity index is 2.02. The number of rotatable bonds is 6. The molecule has 0 aliphatic rings. The summed E-state index contributed by atoms with van der Waals surface area (Å²) in [6.45, 7) is 3.71. The second-order valence-corrected chi connectivity index (χ2v) is 7.33. The summed E-state index contributed by atoms with van der Waals surface area (Å²) in [5.74, 6) is -0.860. The van der Waals surface area contributed by atoms with Crippen LogP contribution in [0.2, 0.25) is 0 Å². The molecule has 136 valence electrons. The second kappa shape index (κ2) is 7.29. The molecule has 3 aromatic rings. The number of hydrogen-bond acceptors (Lipinski definition) is 4. The van der Waals surface area contributed by atoms with Crippen molar-refractivity contribution in [1.29, 1.82) is 0 Å². The van der Waals surface area contributed by atoms with E-state index in [9.17, 15) is 18.3 Å². The maximum absolute atomic E-state index is 11.2. The van der Waals surface area contributed by atoms with Gasteiger partial charge in [-0.25, -0.2) is 8.42 Å². The van der Waals surface area contributed by atoms with Crippen molar-refractivity contribution < 1.29 is 18.3 Å². The van der Waals surface area contributed by atoms with Gasteiger partial charge in [-0.05, 0) is 37.1 Å². The predicted molar refractivity (Wildman–Crippen MR) is 100 cm³/mol. The maximum atomic E-state index is 11.2. The van der Waals surface area contributed by atoms with Gasteiger partial charge in [0, 0.05) is 23.4 Å². The molecule has 2 heterocycles. The highest BCUT2D eigenvalue weighted by Crippen LogP contribution is 2.27. The van der Waals surface area contributed by atoms with Crippen LogP contribution in [-0.4, -0.2) is 29.0 Å². The van der Waals surface area contributed by atoms with Crippen molar-refractivity contribution in [2.75, 3.05) is 0 Å². The number of carboxylic acid groups (broad SMARTS) is 1. The summed E-state index contributed by atoms with van der Waals surface area (Å²) >= 11 is 0. The Kier molecular flexibility index (Phi) is 5.08. The highest BCUT2D eigenvalue weighted by molar-refractivity contribution is 7.71. The third kappa shape index (κ3) is 3.77. The number of benzene rings is 1. The minimum Gasteiger partial charge on any atom is -0.480 e. The fourth-order valence-corrected chi connectivity index (χ4v) is 3.68. The largest absolute Gasteiger partial charge is 0.480 e. The summed E-state index contributed by atoms with van der Waals surface area (Å²) in [6, 6.07) is 11.2. The number of aryl methyl sites for hydroxylation is 1. The van der Waals surface area contributed by atoms with E-state index in [0.29, 0.717) is 6.42 Å². The van der Waals surface area contributed by atoms with Crippen molar-refractivity contribution in [1.82, 2.24) is 9.55 Å². The minimum absolute atomic E-state index is 0.0350. The summed E-state index contributed by atoms with van der Waals surface area (Å²) in [7, 11) is -2.44. The van der Waals surface area contributed by atoms with Crippen molar-refractivity contribution in [2.45, 2.75) is 32.6 Å². The van der Waals surface area contributed by atoms with Crippen LogP contribution in [0.3, 0.4) is 0 Å². The van der Waals surface area contributed by atoms with Gasteiger partial charge in [-0.3, -0.25) is 9.78 Å². The van der Waals surface area contributed by atoms with Gasteiger partial charge >= 0.3 is 5.97 Å². The van der Waals surface area contributed by atoms with Crippen LogP contribution in [0, 0.1) is 13.8 Å². The van der Waals surface area contributed by atoms with Gasteiger partial charge in [0.25, 0.3) is 0 Å². The lowest BCUT2D eigenvalue weighted by atomic mass is 10.0. The lowest BCUT2D eigenvalue weighted by molar-refractivity contribution is -0.137. The monoisotopic (exact) mass is 372 g/mol. The zero-order chi connectivity index (χ0) is 18.8. The number of aliphatic carboxylic acids is 1. The molecule has 7 heteroatoms. The van der Waals surface area contributed by atoms with Crippen LogP contribution < -0.4 is 0 Å². The number of aromatic nitrogens is 2. The van der Waals surface area contributed by atoms with Crippen LogP contribution in [-0.2, 0) is 34.2 Å². The lowest BCUT2D eigenvalue weighted by Crippen LogP contribution is -2.10. The van der Waals surface area contributed by atoms with Crippen molar-refractivity contribution in [2.24, 2.45) is 0 Å². The molecule has 1 N–H and O–H groups in total. The van der Waals surface area contributed by atoms with Gasteiger partial charge in [0.2, 0.25) is 0 Å². The molecule has 0 amide bonds. The van der Waals surface area contributed by atoms with Gasteiger partial charge in [0.1, 0.15) is 17.2 Å². The topological polar surface area (TPSA) is 89.3 Å². The number of thiol groups is 1. The number of fused-ring (bicyclic) bond motifs is 1. The van der Waals surface area contributed by atoms with Crippen LogP contribution in [0.15, 0.2) is 36.4 Å². The number of hydrogen-bond donors (Lipinski definition) is 2. The highest BCUT2D eigenvalue weighted by atomic mass is 32.2. The maximum Gasteiger partial charge on any atom is 0.323 e. The Morgan fingerprint density at radius 1 is 1.08 bits per heavy atom. The predicted octanol–water partition coefficient (Wildman–Crippen LogP) is 2.44. The van der Waals surface area contributed by atoms with Gasteiger partial charge in [-0.2, -0.15) is 0 Å². The van der Waals surface area contributed by atoms with E-state index in [1.165, 1.54) is 0 Å². The third-order valence-electron chi connectivity index (χ3n) is 4.44. The van der Waals surface area contributed by atoms with Crippen molar-refractivity contribution in [3.63, 3.8) is 0 Å². The van der Waals surface area contributed by atoms with Crippen LogP contribution >= 0.6 is 0 Å². The molecular weight excluding hydrogens is 352 g/mol. The van der Waals surface area contributed by atoms with E-state index < -0.39 is 16.7 Å². The van der Waals surface area contributed by atoms with E-state index in [4.69, 9.17) is 0 Å². The first-order valence-corrected chi connectivity index (χ1v) is 9.58. The number of carboxylic acids is 1. The van der Waals surface area contributed by atoms with Crippen LogP contribution in [0.1, 0.15) is 28.1 Å². The third-order valence-corrected chi connectivity index (χ3v) is 5.06. The highest BCUT2D eigenvalue weighted by Gasteiger charge is 2.17. The zero-order valence-corrected chi connectivity index (χ0v) is 15.5. The first kappa shape index (κ1) is 18.1. The van der Waals surface area contributed by atoms with E-state index in [-0.39, 0.29) is 12.3 Å². The van der Waals surface area contributed by atoms with Crippen molar-refractivity contribution in [3.8, 4) is 0 Å². The average molecular weight is 372 g/mol. The molecule has 0 spiro atoms. The zero-order valence-electron chi connectivity index (χ0n) is 14.6. The Hall–Kier alpha value is -2.67. The fraction of sp³-hybridized carbons (Fsp3) is 0.263. The quantitative estimate of drug-likeness (QED) is 0.649. The van der Waals surface area contributed by atoms with Gasteiger partial charge in [-0.1, -0.05) is 24.3 Å². The van der Waals surface area contributed by atoms with E-state index in [2.05, 4.69) is 4.98 Å².